The van der Waals surface area contributed by atoms with Gasteiger partial charge >= 0.3 is 5.97 Å². The molecule has 10 N–H and O–H groups in total. The van der Waals surface area contributed by atoms with E-state index in [-0.39, 0.29) is 19.3 Å². The lowest BCUT2D eigenvalue weighted by atomic mass is 10.0. The Labute approximate surface area is 195 Å². The second kappa shape index (κ2) is 13.9. The Morgan fingerprint density at radius 1 is 0.941 bits per heavy atom. The van der Waals surface area contributed by atoms with Gasteiger partial charge in [-0.15, -0.1) is 0 Å². The Bertz CT molecular complexity index is 864. The minimum absolute atomic E-state index is 0.00106. The molecule has 13 nitrogen and oxygen atoms in total. The van der Waals surface area contributed by atoms with E-state index in [2.05, 4.69) is 16.0 Å². The maximum Gasteiger partial charge on any atom is 0.326 e. The Balaban J connectivity index is 3.02. The van der Waals surface area contributed by atoms with E-state index in [1.807, 2.05) is 0 Å². The monoisotopic (exact) mass is 481 g/mol. The maximum absolute atomic E-state index is 13.0. The van der Waals surface area contributed by atoms with Gasteiger partial charge < -0.3 is 42.7 Å². The molecule has 0 heterocycles. The minimum atomic E-state index is -1.58. The summed E-state index contributed by atoms with van der Waals surface area (Å²) in [6, 6.07) is 3.01. The molecule has 4 amide bonds. The van der Waals surface area contributed by atoms with Crippen molar-refractivity contribution in [3.8, 4) is 0 Å². The van der Waals surface area contributed by atoms with Gasteiger partial charge in [0, 0.05) is 12.8 Å². The summed E-state index contributed by atoms with van der Waals surface area (Å²) >= 11 is 0. The van der Waals surface area contributed by atoms with Gasteiger partial charge in [-0.2, -0.15) is 0 Å². The largest absolute Gasteiger partial charge is 0.480 e. The van der Waals surface area contributed by atoms with E-state index in [9.17, 15) is 34.2 Å². The summed E-state index contributed by atoms with van der Waals surface area (Å²) in [7, 11) is 0. The summed E-state index contributed by atoms with van der Waals surface area (Å²) in [4.78, 5) is 60.1. The number of nitrogens with two attached hydrogens (primary N) is 2. The van der Waals surface area contributed by atoms with Crippen molar-refractivity contribution in [2.75, 3.05) is 6.61 Å². The predicted molar refractivity (Wildman–Crippen MR) is 119 cm³/mol. The van der Waals surface area contributed by atoms with Crippen molar-refractivity contribution in [2.45, 2.75) is 56.5 Å². The number of carbonyl (C=O) groups excluding carboxylic acids is 4. The van der Waals surface area contributed by atoms with Gasteiger partial charge in [0.15, 0.2) is 0 Å². The van der Waals surface area contributed by atoms with Gasteiger partial charge in [0.25, 0.3) is 0 Å². The van der Waals surface area contributed by atoms with Crippen LogP contribution in [0, 0.1) is 0 Å². The first-order chi connectivity index (χ1) is 16.0. The second-order valence-electron chi connectivity index (χ2n) is 7.67. The van der Waals surface area contributed by atoms with E-state index >= 15 is 0 Å². The highest BCUT2D eigenvalue weighted by molar-refractivity contribution is 5.94. The molecule has 5 unspecified atom stereocenters. The smallest absolute Gasteiger partial charge is 0.326 e. The quantitative estimate of drug-likeness (QED) is 0.133. The number of nitrogens with one attached hydrogen (secondary N) is 3. The van der Waals surface area contributed by atoms with Gasteiger partial charge in [-0.1, -0.05) is 30.3 Å². The second-order valence-corrected chi connectivity index (χ2v) is 7.67. The highest BCUT2D eigenvalue weighted by Crippen LogP contribution is 2.06. The molecule has 0 spiro atoms. The molecule has 0 bridgehead atoms. The van der Waals surface area contributed by atoms with Crippen molar-refractivity contribution < 1.29 is 39.3 Å². The van der Waals surface area contributed by atoms with E-state index in [0.29, 0.717) is 5.56 Å². The van der Waals surface area contributed by atoms with Crippen molar-refractivity contribution in [3.63, 3.8) is 0 Å². The number of carbonyl (C=O) groups is 5. The van der Waals surface area contributed by atoms with Crippen molar-refractivity contribution >= 4 is 29.6 Å². The molecule has 1 aromatic rings. The van der Waals surface area contributed by atoms with E-state index in [0.717, 1.165) is 0 Å². The predicted octanol–water partition coefficient (Wildman–Crippen LogP) is -3.27. The van der Waals surface area contributed by atoms with Crippen molar-refractivity contribution in [3.05, 3.63) is 35.9 Å². The number of carboxylic acids is 1. The fraction of sp³-hybridized carbons (Fsp3) is 0.476. The van der Waals surface area contributed by atoms with Gasteiger partial charge in [-0.25, -0.2) is 4.79 Å². The number of rotatable bonds is 14. The molecule has 0 aliphatic carbocycles. The lowest BCUT2D eigenvalue weighted by Gasteiger charge is -2.26. The van der Waals surface area contributed by atoms with E-state index in [4.69, 9.17) is 16.6 Å². The normalized spacial score (nSPS) is 15.2. The molecule has 1 aromatic carbocycles. The molecule has 0 fully saturated rings. The molecule has 0 aromatic heterocycles. The minimum Gasteiger partial charge on any atom is -0.480 e. The van der Waals surface area contributed by atoms with Crippen molar-refractivity contribution in [1.82, 2.24) is 16.0 Å². The maximum atomic E-state index is 13.0. The SMILES string of the molecule is CC(O)C(NC(=O)C(Cc1ccccc1)NC(=O)C(N)CO)C(=O)NC(CCC(N)=O)C(=O)O. The van der Waals surface area contributed by atoms with Crippen molar-refractivity contribution in [2.24, 2.45) is 11.5 Å². The summed E-state index contributed by atoms with van der Waals surface area (Å²) < 4.78 is 0. The third kappa shape index (κ3) is 9.52. The van der Waals surface area contributed by atoms with Crippen molar-refractivity contribution in [1.29, 1.82) is 0 Å². The Hall–Kier alpha value is -3.55. The molecule has 5 atom stereocenters. The molecular weight excluding hydrogens is 450 g/mol. The summed E-state index contributed by atoms with van der Waals surface area (Å²) in [5.41, 5.74) is 11.2. The molecule has 0 saturated heterocycles. The lowest BCUT2D eigenvalue weighted by Crippen LogP contribution is -2.60. The molecule has 0 aliphatic heterocycles. The number of aliphatic hydroxyl groups is 2. The Morgan fingerprint density at radius 3 is 2.03 bits per heavy atom. The lowest BCUT2D eigenvalue weighted by molar-refractivity contribution is -0.143. The molecule has 34 heavy (non-hydrogen) atoms. The van der Waals surface area contributed by atoms with Crippen LogP contribution in [0.3, 0.4) is 0 Å². The summed E-state index contributed by atoms with van der Waals surface area (Å²) in [6.07, 6.45) is -2.04. The van der Waals surface area contributed by atoms with Crippen LogP contribution in [0.5, 0.6) is 0 Å². The number of aliphatic carboxylic acids is 1. The first-order valence-electron chi connectivity index (χ1n) is 10.5. The number of carboxylic acid groups (broad SMARTS) is 1. The number of amides is 4. The van der Waals surface area contributed by atoms with Crippen LogP contribution < -0.4 is 27.4 Å². The molecule has 0 aliphatic rings. The standard InChI is InChI=1S/C21H31N5O8/c1-11(28)17(20(32)24-14(21(33)34)7-8-16(23)29)26-19(31)15(25-18(30)13(22)10-27)9-12-5-3-2-4-6-12/h2-6,11,13-15,17,27-28H,7-10,22H2,1H3,(H2,23,29)(H,24,32)(H,25,30)(H,26,31)(H,33,34). The number of hydrogen-bond donors (Lipinski definition) is 8. The summed E-state index contributed by atoms with van der Waals surface area (Å²) in [5.74, 6) is -4.88. The van der Waals surface area contributed by atoms with Gasteiger partial charge in [0.2, 0.25) is 23.6 Å². The van der Waals surface area contributed by atoms with Gasteiger partial charge in [-0.3, -0.25) is 19.2 Å². The van der Waals surface area contributed by atoms with Crippen LogP contribution in [0.4, 0.5) is 0 Å². The Morgan fingerprint density at radius 2 is 1.53 bits per heavy atom. The van der Waals surface area contributed by atoms with E-state index < -0.39 is 66.5 Å². The molecule has 0 saturated carbocycles. The third-order valence-corrected chi connectivity index (χ3v) is 4.81. The summed E-state index contributed by atoms with van der Waals surface area (Å²) in [5, 5.41) is 35.3. The number of primary amides is 1. The van der Waals surface area contributed by atoms with E-state index in [1.165, 1.54) is 6.92 Å². The fourth-order valence-electron chi connectivity index (χ4n) is 2.89. The third-order valence-electron chi connectivity index (χ3n) is 4.81. The van der Waals surface area contributed by atoms with Crippen LogP contribution in [0.25, 0.3) is 0 Å². The first kappa shape index (κ1) is 28.5. The molecule has 1 rings (SSSR count). The van der Waals surface area contributed by atoms with Crippen LogP contribution in [0.2, 0.25) is 0 Å². The van der Waals surface area contributed by atoms with Gasteiger partial charge in [0.05, 0.1) is 12.7 Å². The van der Waals surface area contributed by atoms with Crippen LogP contribution in [-0.2, 0) is 30.4 Å². The average Bonchev–Trinajstić information content (AvgIpc) is 2.78. The number of hydrogen-bond acceptors (Lipinski definition) is 8. The van der Waals surface area contributed by atoms with Crippen LogP contribution in [0.15, 0.2) is 30.3 Å². The number of benzene rings is 1. The van der Waals surface area contributed by atoms with Crippen LogP contribution in [0.1, 0.15) is 25.3 Å². The molecule has 0 radical (unpaired) electrons. The first-order valence-corrected chi connectivity index (χ1v) is 10.5. The zero-order valence-corrected chi connectivity index (χ0v) is 18.6. The topological polar surface area (TPSA) is 234 Å². The highest BCUT2D eigenvalue weighted by atomic mass is 16.4. The van der Waals surface area contributed by atoms with Crippen LogP contribution >= 0.6 is 0 Å². The zero-order chi connectivity index (χ0) is 25.8. The molecular formula is C21H31N5O8. The molecule has 188 valence electrons. The van der Waals surface area contributed by atoms with Gasteiger partial charge in [0.1, 0.15) is 24.2 Å². The number of aliphatic hydroxyl groups excluding tert-OH is 2. The molecule has 13 heteroatoms. The van der Waals surface area contributed by atoms with E-state index in [1.54, 1.807) is 30.3 Å². The Kier molecular flexibility index (Phi) is 11.6. The summed E-state index contributed by atoms with van der Waals surface area (Å²) in [6.45, 7) is 0.544. The average molecular weight is 482 g/mol. The van der Waals surface area contributed by atoms with Crippen LogP contribution in [-0.4, -0.2) is 81.8 Å². The zero-order valence-electron chi connectivity index (χ0n) is 18.6. The van der Waals surface area contributed by atoms with Gasteiger partial charge in [-0.05, 0) is 18.9 Å². The fourth-order valence-corrected chi connectivity index (χ4v) is 2.89. The highest BCUT2D eigenvalue weighted by Gasteiger charge is 2.32.